The van der Waals surface area contributed by atoms with Crippen molar-refractivity contribution in [2.24, 2.45) is 34.0 Å². The smallest absolute Gasteiger partial charge is 0.222 e. The van der Waals surface area contributed by atoms with Crippen LogP contribution in [0.2, 0.25) is 0 Å². The average Bonchev–Trinajstić information content (AvgIpc) is 0.715. The molecule has 8 aliphatic rings. The Kier molecular flexibility index (Phi) is 46.3. The molecule has 0 aromatic heterocycles. The fourth-order valence-electron chi connectivity index (χ4n) is 20.7. The zero-order valence-corrected chi connectivity index (χ0v) is 76.4. The molecule has 0 radical (unpaired) electrons. The van der Waals surface area contributed by atoms with Gasteiger partial charge in [-0.15, -0.1) is 0 Å². The van der Waals surface area contributed by atoms with Crippen molar-refractivity contribution >= 4 is 65.0 Å². The molecular weight excluding hydrogens is 1680 g/mol. The number of likely N-dealkylation sites (tertiary alicyclic amines) is 4. The molecule has 1 aliphatic carbocycles. The lowest BCUT2D eigenvalue weighted by Crippen LogP contribution is -2.68. The SMILES string of the molecule is CC(=O)NC1C(OCCCCC(=O)NCCCCCC(=O)N2CCC(C(CCC(=O)NCCCCCC(=O)N3CC4(C3)CC(CO)(CO)C4)(C3CCN(C(=O)CCCCCNC(=O)CCCCOC4OC(CO)C(O)C(O)C4NC(C)=O)CC3)C3CCN(C(=O)CCCCCNC(=O)CCCCOC4OC(CO)C(O)C(O)C4NC(C)=O)CC3)CC2)OC(CO)C(O)C1O. The molecule has 0 aromatic carbocycles. The number of carbonyl (C=O) groups is 11. The maximum Gasteiger partial charge on any atom is 0.222 e. The summed E-state index contributed by atoms with van der Waals surface area (Å²) in [5, 5.41) is 131. The highest BCUT2D eigenvalue weighted by atomic mass is 16.7. The molecule has 15 unspecified atom stereocenters. The van der Waals surface area contributed by atoms with Gasteiger partial charge in [0.1, 0.15) is 73.1 Å². The minimum atomic E-state index is -1.44. The first-order valence-electron chi connectivity index (χ1n) is 47.9. The van der Waals surface area contributed by atoms with Crippen LogP contribution in [-0.4, -0.2) is 364 Å². The number of amides is 11. The summed E-state index contributed by atoms with van der Waals surface area (Å²) in [6, 6.07) is -3.20. The van der Waals surface area contributed by atoms with E-state index in [0.717, 1.165) is 6.42 Å². The van der Waals surface area contributed by atoms with E-state index in [9.17, 15) is 109 Å². The molecule has 8 rings (SSSR count). The van der Waals surface area contributed by atoms with E-state index < -0.39 is 140 Å². The highest BCUT2D eigenvalue weighted by Gasteiger charge is 2.61. The number of aliphatic hydroxyl groups excluding tert-OH is 11. The number of aliphatic hydroxyl groups is 11. The van der Waals surface area contributed by atoms with Gasteiger partial charge < -0.3 is 141 Å². The molecule has 8 fully saturated rings. The molecule has 1 spiro atoms. The van der Waals surface area contributed by atoms with E-state index in [1.807, 2.05) is 19.6 Å². The van der Waals surface area contributed by atoms with Crippen molar-refractivity contribution in [3.63, 3.8) is 0 Å². The van der Waals surface area contributed by atoms with Crippen LogP contribution in [0.15, 0.2) is 0 Å². The molecule has 11 amide bonds. The molecule has 7 saturated heterocycles. The van der Waals surface area contributed by atoms with E-state index in [4.69, 9.17) is 28.4 Å². The van der Waals surface area contributed by atoms with Gasteiger partial charge in [0.05, 0.1) is 33.0 Å². The normalized spacial score (nSPS) is 27.1. The zero-order chi connectivity index (χ0) is 93.6. The van der Waals surface area contributed by atoms with Gasteiger partial charge in [-0.1, -0.05) is 25.7 Å². The van der Waals surface area contributed by atoms with Crippen molar-refractivity contribution < 1.29 is 137 Å². The number of ether oxygens (including phenoxy) is 6. The number of hydrogen-bond donors (Lipinski definition) is 18. The van der Waals surface area contributed by atoms with E-state index in [1.165, 1.54) is 20.8 Å². The van der Waals surface area contributed by atoms with E-state index in [-0.39, 0.29) is 129 Å². The van der Waals surface area contributed by atoms with Crippen molar-refractivity contribution in [1.82, 2.24) is 56.8 Å². The summed E-state index contributed by atoms with van der Waals surface area (Å²) in [6.45, 7) is 8.45. The zero-order valence-electron chi connectivity index (χ0n) is 76.4. The Morgan fingerprint density at radius 3 is 0.868 bits per heavy atom. The first kappa shape index (κ1) is 108. The van der Waals surface area contributed by atoms with Crippen molar-refractivity contribution in [3.8, 4) is 0 Å². The third-order valence-electron chi connectivity index (χ3n) is 27.7. The molecule has 0 bridgehead atoms. The molecule has 1 saturated carbocycles. The van der Waals surface area contributed by atoms with Gasteiger partial charge >= 0.3 is 0 Å². The van der Waals surface area contributed by atoms with Crippen LogP contribution >= 0.6 is 0 Å². The van der Waals surface area contributed by atoms with Crippen LogP contribution in [0.25, 0.3) is 0 Å². The molecule has 39 nitrogen and oxygen atoms in total. The van der Waals surface area contributed by atoms with E-state index in [1.54, 1.807) is 0 Å². The van der Waals surface area contributed by atoms with Gasteiger partial charge in [-0.2, -0.15) is 0 Å². The number of rotatable bonds is 56. The maximum absolute atomic E-state index is 14.4. The molecule has 15 atom stereocenters. The Hall–Kier alpha value is -6.51. The van der Waals surface area contributed by atoms with Gasteiger partial charge in [-0.25, -0.2) is 0 Å². The quantitative estimate of drug-likeness (QED) is 0.0330. The molecule has 39 heteroatoms. The highest BCUT2D eigenvalue weighted by molar-refractivity contribution is 5.80. The maximum atomic E-state index is 14.4. The van der Waals surface area contributed by atoms with Gasteiger partial charge in [-0.05, 0) is 171 Å². The fraction of sp³-hybridized carbons (Fsp3) is 0.878. The van der Waals surface area contributed by atoms with Gasteiger partial charge in [0.2, 0.25) is 65.0 Å². The lowest BCUT2D eigenvalue weighted by atomic mass is 9.50. The predicted molar refractivity (Wildman–Crippen MR) is 466 cm³/mol. The minimum Gasteiger partial charge on any atom is -0.396 e. The third kappa shape index (κ3) is 32.9. The van der Waals surface area contributed by atoms with Crippen LogP contribution in [0.3, 0.4) is 0 Å². The topological polar surface area (TPSA) is 563 Å². The van der Waals surface area contributed by atoms with Crippen molar-refractivity contribution in [3.05, 3.63) is 0 Å². The first-order valence-corrected chi connectivity index (χ1v) is 47.9. The second-order valence-electron chi connectivity index (χ2n) is 37.4. The molecule has 18 N–H and O–H groups in total. The lowest BCUT2D eigenvalue weighted by molar-refractivity contribution is -0.270. The predicted octanol–water partition coefficient (Wildman–Crippen LogP) is -0.840. The summed E-state index contributed by atoms with van der Waals surface area (Å²) >= 11 is 0. The number of hydrogen-bond acceptors (Lipinski definition) is 28. The van der Waals surface area contributed by atoms with Crippen LogP contribution in [0.4, 0.5) is 0 Å². The van der Waals surface area contributed by atoms with E-state index >= 15 is 0 Å². The Balaban J connectivity index is 0.832. The van der Waals surface area contributed by atoms with Crippen molar-refractivity contribution in [2.75, 3.05) is 131 Å². The van der Waals surface area contributed by atoms with Crippen LogP contribution in [0.5, 0.6) is 0 Å². The second kappa shape index (κ2) is 55.4. The van der Waals surface area contributed by atoms with Gasteiger partial charge in [0.15, 0.2) is 18.9 Å². The van der Waals surface area contributed by atoms with Crippen molar-refractivity contribution in [1.29, 1.82) is 0 Å². The number of carbonyl (C=O) groups excluding carboxylic acids is 11. The van der Waals surface area contributed by atoms with Gasteiger partial charge in [-0.3, -0.25) is 52.7 Å². The van der Waals surface area contributed by atoms with Crippen LogP contribution in [0, 0.1) is 34.0 Å². The van der Waals surface area contributed by atoms with Gasteiger partial charge in [0, 0.05) is 181 Å². The van der Waals surface area contributed by atoms with Crippen LogP contribution in [-0.2, 0) is 81.2 Å². The molecule has 0 aromatic rings. The minimum absolute atomic E-state index is 0.0154. The van der Waals surface area contributed by atoms with Crippen LogP contribution in [0.1, 0.15) is 245 Å². The lowest BCUT2D eigenvalue weighted by Gasteiger charge is -2.63. The number of nitrogens with zero attached hydrogens (tertiary/aromatic N) is 4. The van der Waals surface area contributed by atoms with E-state index in [2.05, 4.69) is 37.2 Å². The Labute approximate surface area is 758 Å². The van der Waals surface area contributed by atoms with Crippen LogP contribution < -0.4 is 37.2 Å². The number of piperidine rings is 3. The summed E-state index contributed by atoms with van der Waals surface area (Å²) in [5.41, 5.74) is -0.882. The molecule has 738 valence electrons. The Bertz CT molecular complexity index is 3160. The monoisotopic (exact) mass is 1840 g/mol. The summed E-state index contributed by atoms with van der Waals surface area (Å²) < 4.78 is 34.2. The molecule has 129 heavy (non-hydrogen) atoms. The van der Waals surface area contributed by atoms with Gasteiger partial charge in [0.25, 0.3) is 0 Å². The summed E-state index contributed by atoms with van der Waals surface area (Å²) in [5.74, 6) is -1.37. The molecule has 7 heterocycles. The summed E-state index contributed by atoms with van der Waals surface area (Å²) in [7, 11) is 0. The van der Waals surface area contributed by atoms with E-state index in [0.29, 0.717) is 271 Å². The highest BCUT2D eigenvalue weighted by Crippen LogP contribution is 2.59. The molecular formula is C90H155N11O28. The third-order valence-corrected chi connectivity index (χ3v) is 27.7. The van der Waals surface area contributed by atoms with Crippen molar-refractivity contribution in [2.45, 2.75) is 337 Å². The summed E-state index contributed by atoms with van der Waals surface area (Å²) in [4.78, 5) is 152. The number of unbranched alkanes of at least 4 members (excludes halogenated alkanes) is 11. The summed E-state index contributed by atoms with van der Waals surface area (Å²) in [6.07, 6.45) is 4.02. The Morgan fingerprint density at radius 2 is 0.605 bits per heavy atom. The fourth-order valence-corrected chi connectivity index (χ4v) is 20.7. The second-order valence-corrected chi connectivity index (χ2v) is 37.4. The Morgan fingerprint density at radius 1 is 0.341 bits per heavy atom. The standard InChI is InChI=1S/C90H155N11O28/c1-59(107)95-76-82(121)79(118)65(50-102)127-85(76)124-47-19-12-22-68(110)91-37-15-4-8-25-72(114)98-41-30-62(31-42-98)90(36-29-71(113)94-40-18-7-11-28-75(117)101-55-88(56-101)53-89(54-88,57-105)58-106,63-32-43-99(44-33-63)73(115)26-9-5-16-38-92-69(111)23-13-20-48-125-86-77(96-60(2)108)83(122)80(119)66(51-103)128-86)64-34-45-100(46-35-64)74(116)27-10-6-17-39-93-70(112)24-14-21-49-126-87-78(97-61(3)109)84(123)81(120)67(52-104)129-87/h62-67,76-87,102-106,118-123H,4-58H2,1-3H3,(H,91,110)(H,92,111)(H,93,112)(H,94,113)(H,95,107)(H,96,108)(H,97,109). The first-order chi connectivity index (χ1) is 61.9. The average molecular weight is 1840 g/mol. The number of nitrogens with one attached hydrogen (secondary N) is 7. The largest absolute Gasteiger partial charge is 0.396 e. The molecule has 7 aliphatic heterocycles.